The smallest absolute Gasteiger partial charge is 0.310 e. The maximum atomic E-state index is 10.8. The molecule has 0 aromatic heterocycles. The van der Waals surface area contributed by atoms with Crippen LogP contribution in [-0.4, -0.2) is 18.2 Å². The average molecular weight is 194 g/mol. The number of aryl methyl sites for hydroxylation is 1. The van der Waals surface area contributed by atoms with E-state index >= 15 is 0 Å². The van der Waals surface area contributed by atoms with Crippen LogP contribution in [0.15, 0.2) is 18.2 Å². The van der Waals surface area contributed by atoms with Crippen LogP contribution in [0.5, 0.6) is 5.75 Å². The van der Waals surface area contributed by atoms with E-state index in [1.165, 1.54) is 0 Å². The van der Waals surface area contributed by atoms with Crippen LogP contribution >= 0.6 is 0 Å². The standard InChI is InChI=1S/C11H14O3/c1-7-4-9(8(2)11(12)13)6-10(5-7)14-3/h4-6,8H,1-3H3,(H,12,13). The first-order chi connectivity index (χ1) is 6.54. The number of rotatable bonds is 3. The highest BCUT2D eigenvalue weighted by Gasteiger charge is 2.14. The van der Waals surface area contributed by atoms with Crippen LogP contribution in [0.3, 0.4) is 0 Å². The number of carbonyl (C=O) groups is 1. The van der Waals surface area contributed by atoms with Gasteiger partial charge in [-0.25, -0.2) is 0 Å². The third-order valence-electron chi connectivity index (χ3n) is 2.18. The number of carboxylic acids is 1. The third kappa shape index (κ3) is 2.25. The molecule has 14 heavy (non-hydrogen) atoms. The molecule has 1 aromatic rings. The molecular weight excluding hydrogens is 180 g/mol. The summed E-state index contributed by atoms with van der Waals surface area (Å²) >= 11 is 0. The summed E-state index contributed by atoms with van der Waals surface area (Å²) < 4.78 is 5.07. The summed E-state index contributed by atoms with van der Waals surface area (Å²) in [5, 5.41) is 8.85. The highest BCUT2D eigenvalue weighted by molar-refractivity contribution is 5.75. The van der Waals surface area contributed by atoms with Crippen molar-refractivity contribution in [1.82, 2.24) is 0 Å². The van der Waals surface area contributed by atoms with Gasteiger partial charge >= 0.3 is 5.97 Å². The topological polar surface area (TPSA) is 46.5 Å². The molecule has 0 bridgehead atoms. The molecule has 0 aliphatic carbocycles. The second-order valence-corrected chi connectivity index (χ2v) is 3.34. The second-order valence-electron chi connectivity index (χ2n) is 3.34. The van der Waals surface area contributed by atoms with Crippen LogP contribution < -0.4 is 4.74 Å². The predicted molar refractivity (Wildman–Crippen MR) is 53.8 cm³/mol. The molecule has 1 atom stereocenters. The van der Waals surface area contributed by atoms with Crippen LogP contribution in [0, 0.1) is 6.92 Å². The molecule has 1 rings (SSSR count). The Bertz CT molecular complexity index is 344. The fourth-order valence-corrected chi connectivity index (χ4v) is 1.29. The minimum absolute atomic E-state index is 0.496. The summed E-state index contributed by atoms with van der Waals surface area (Å²) in [4.78, 5) is 10.8. The molecule has 3 nitrogen and oxygen atoms in total. The Balaban J connectivity index is 3.08. The van der Waals surface area contributed by atoms with Gasteiger partial charge in [0.05, 0.1) is 13.0 Å². The van der Waals surface area contributed by atoms with Gasteiger partial charge in [-0.15, -0.1) is 0 Å². The minimum Gasteiger partial charge on any atom is -0.497 e. The number of methoxy groups -OCH3 is 1. The molecule has 1 unspecified atom stereocenters. The summed E-state index contributed by atoms with van der Waals surface area (Å²) in [6.07, 6.45) is 0. The first-order valence-electron chi connectivity index (χ1n) is 4.43. The largest absolute Gasteiger partial charge is 0.497 e. The van der Waals surface area contributed by atoms with E-state index in [9.17, 15) is 4.79 Å². The van der Waals surface area contributed by atoms with Crippen LogP contribution in [-0.2, 0) is 4.79 Å². The fraction of sp³-hybridized carbons (Fsp3) is 0.364. The lowest BCUT2D eigenvalue weighted by Gasteiger charge is -2.09. The molecular formula is C11H14O3. The Kier molecular flexibility index (Phi) is 3.12. The van der Waals surface area contributed by atoms with Gasteiger partial charge in [0.2, 0.25) is 0 Å². The zero-order valence-corrected chi connectivity index (χ0v) is 8.57. The van der Waals surface area contributed by atoms with Crippen molar-refractivity contribution in [2.45, 2.75) is 19.8 Å². The molecule has 0 aliphatic rings. The second kappa shape index (κ2) is 4.13. The Morgan fingerprint density at radius 2 is 2.07 bits per heavy atom. The number of benzene rings is 1. The van der Waals surface area contributed by atoms with Crippen molar-refractivity contribution >= 4 is 5.97 Å². The summed E-state index contributed by atoms with van der Waals surface area (Å²) in [7, 11) is 1.57. The van der Waals surface area contributed by atoms with Crippen LogP contribution in [0.1, 0.15) is 24.0 Å². The van der Waals surface area contributed by atoms with Gasteiger partial charge in [-0.1, -0.05) is 6.07 Å². The van der Waals surface area contributed by atoms with Crippen molar-refractivity contribution in [3.05, 3.63) is 29.3 Å². The number of ether oxygens (including phenoxy) is 1. The summed E-state index contributed by atoms with van der Waals surface area (Å²) in [6.45, 7) is 3.58. The molecule has 0 aliphatic heterocycles. The van der Waals surface area contributed by atoms with E-state index in [2.05, 4.69) is 0 Å². The van der Waals surface area contributed by atoms with Gasteiger partial charge in [-0.05, 0) is 37.1 Å². The normalized spacial score (nSPS) is 12.2. The predicted octanol–water partition coefficient (Wildman–Crippen LogP) is 2.19. The van der Waals surface area contributed by atoms with Crippen molar-refractivity contribution in [1.29, 1.82) is 0 Å². The van der Waals surface area contributed by atoms with Gasteiger partial charge in [0.15, 0.2) is 0 Å². The van der Waals surface area contributed by atoms with Crippen LogP contribution in [0.4, 0.5) is 0 Å². The molecule has 0 amide bonds. The monoisotopic (exact) mass is 194 g/mol. The van der Waals surface area contributed by atoms with Crippen molar-refractivity contribution in [2.75, 3.05) is 7.11 Å². The lowest BCUT2D eigenvalue weighted by atomic mass is 9.99. The maximum Gasteiger partial charge on any atom is 0.310 e. The Hall–Kier alpha value is -1.51. The van der Waals surface area contributed by atoms with Gasteiger partial charge in [0.1, 0.15) is 5.75 Å². The summed E-state index contributed by atoms with van der Waals surface area (Å²) in [5.74, 6) is -0.616. The van der Waals surface area contributed by atoms with E-state index in [1.807, 2.05) is 19.1 Å². The molecule has 0 saturated heterocycles. The van der Waals surface area contributed by atoms with Crippen molar-refractivity contribution in [2.24, 2.45) is 0 Å². The highest BCUT2D eigenvalue weighted by atomic mass is 16.5. The van der Waals surface area contributed by atoms with Gasteiger partial charge in [-0.2, -0.15) is 0 Å². The molecule has 0 spiro atoms. The van der Waals surface area contributed by atoms with E-state index in [-0.39, 0.29) is 0 Å². The van der Waals surface area contributed by atoms with Gasteiger partial charge < -0.3 is 9.84 Å². The summed E-state index contributed by atoms with van der Waals surface area (Å²) in [6, 6.07) is 5.49. The molecule has 0 radical (unpaired) electrons. The third-order valence-corrected chi connectivity index (χ3v) is 2.18. The molecule has 3 heteroatoms. The van der Waals surface area contributed by atoms with Crippen molar-refractivity contribution in [3.63, 3.8) is 0 Å². The Morgan fingerprint density at radius 1 is 1.43 bits per heavy atom. The first kappa shape index (κ1) is 10.6. The number of carboxylic acid groups (broad SMARTS) is 1. The highest BCUT2D eigenvalue weighted by Crippen LogP contribution is 2.22. The molecule has 1 aromatic carbocycles. The van der Waals surface area contributed by atoms with Crippen LogP contribution in [0.25, 0.3) is 0 Å². The Morgan fingerprint density at radius 3 is 2.57 bits per heavy atom. The summed E-state index contributed by atoms with van der Waals surface area (Å²) in [5.41, 5.74) is 1.78. The molecule has 1 N–H and O–H groups in total. The number of aliphatic carboxylic acids is 1. The molecule has 0 saturated carbocycles. The number of hydrogen-bond donors (Lipinski definition) is 1. The molecule has 0 heterocycles. The zero-order valence-electron chi connectivity index (χ0n) is 8.57. The lowest BCUT2D eigenvalue weighted by molar-refractivity contribution is -0.138. The Labute approximate surface area is 83.3 Å². The van der Waals surface area contributed by atoms with Gasteiger partial charge in [0, 0.05) is 0 Å². The van der Waals surface area contributed by atoms with E-state index in [0.29, 0.717) is 5.75 Å². The zero-order chi connectivity index (χ0) is 10.7. The van der Waals surface area contributed by atoms with Gasteiger partial charge in [-0.3, -0.25) is 4.79 Å². The SMILES string of the molecule is COc1cc(C)cc(C(C)C(=O)O)c1. The quantitative estimate of drug-likeness (QED) is 0.802. The van der Waals surface area contributed by atoms with Crippen molar-refractivity contribution in [3.8, 4) is 5.75 Å². The first-order valence-corrected chi connectivity index (χ1v) is 4.43. The van der Waals surface area contributed by atoms with E-state index in [0.717, 1.165) is 11.1 Å². The lowest BCUT2D eigenvalue weighted by Crippen LogP contribution is -2.07. The van der Waals surface area contributed by atoms with Gasteiger partial charge in [0.25, 0.3) is 0 Å². The number of hydrogen-bond acceptors (Lipinski definition) is 2. The van der Waals surface area contributed by atoms with Crippen molar-refractivity contribution < 1.29 is 14.6 Å². The fourth-order valence-electron chi connectivity index (χ4n) is 1.29. The molecule has 76 valence electrons. The maximum absolute atomic E-state index is 10.8. The molecule has 0 fully saturated rings. The average Bonchev–Trinajstić information content (AvgIpc) is 2.15. The van der Waals surface area contributed by atoms with E-state index < -0.39 is 11.9 Å². The van der Waals surface area contributed by atoms with E-state index in [4.69, 9.17) is 9.84 Å². The minimum atomic E-state index is -0.822. The van der Waals surface area contributed by atoms with Crippen LogP contribution in [0.2, 0.25) is 0 Å². The van der Waals surface area contributed by atoms with E-state index in [1.54, 1.807) is 20.1 Å².